The zero-order chi connectivity index (χ0) is 5.70. The second-order valence-corrected chi connectivity index (χ2v) is 2.11. The maximum Gasteiger partial charge on any atom is 0.507 e. The molecule has 4 heteroatoms. The van der Waals surface area contributed by atoms with Crippen LogP contribution in [0.2, 0.25) is 0 Å². The van der Waals surface area contributed by atoms with Gasteiger partial charge in [-0.2, -0.15) is 0 Å². The summed E-state index contributed by atoms with van der Waals surface area (Å²) in [5.74, 6) is 0. The first-order valence-electron chi connectivity index (χ1n) is 1.72. The average Bonchev–Trinajstić information content (AvgIpc) is 1.72. The molecule has 0 aliphatic heterocycles. The number of hydrogen-bond donors (Lipinski definition) is 0. The molecule has 0 rings (SSSR count). The second-order valence-electron chi connectivity index (χ2n) is 0.704. The second kappa shape index (κ2) is 4.39. The Bertz CT molecular complexity index is 31.7. The summed E-state index contributed by atoms with van der Waals surface area (Å²) < 4.78 is 13.9. The third kappa shape index (κ3) is 2.87. The molecular formula is C3H9O3S+. The van der Waals surface area contributed by atoms with E-state index < -0.39 is 11.7 Å². The van der Waals surface area contributed by atoms with Crippen LogP contribution in [0.15, 0.2) is 0 Å². The van der Waals surface area contributed by atoms with E-state index >= 15 is 0 Å². The maximum atomic E-state index is 4.63. The van der Waals surface area contributed by atoms with Crippen molar-refractivity contribution < 1.29 is 12.5 Å². The lowest BCUT2D eigenvalue weighted by Gasteiger charge is -1.88. The first-order chi connectivity index (χ1) is 3.35. The van der Waals surface area contributed by atoms with Gasteiger partial charge in [-0.25, -0.2) is 0 Å². The quantitative estimate of drug-likeness (QED) is 0.507. The SMILES string of the molecule is CO[S+](OC)OC. The fourth-order valence-electron chi connectivity index (χ4n) is 0.204. The molecule has 0 aliphatic rings. The molecule has 0 aromatic carbocycles. The standard InChI is InChI=1S/C3H9O3S/c1-4-7(5-2)6-3/h1-3H3/q+1. The van der Waals surface area contributed by atoms with E-state index in [1.165, 1.54) is 21.3 Å². The van der Waals surface area contributed by atoms with Crippen LogP contribution in [0.25, 0.3) is 0 Å². The Hall–Kier alpha value is 0.230. The summed E-state index contributed by atoms with van der Waals surface area (Å²) in [5, 5.41) is 0. The van der Waals surface area contributed by atoms with Crippen LogP contribution in [0.3, 0.4) is 0 Å². The third-order valence-electron chi connectivity index (χ3n) is 0.408. The summed E-state index contributed by atoms with van der Waals surface area (Å²) in [7, 11) is 4.57. The minimum absolute atomic E-state index is 0.745. The van der Waals surface area contributed by atoms with Gasteiger partial charge in [0.1, 0.15) is 0 Å². The van der Waals surface area contributed by atoms with Crippen molar-refractivity contribution in [1.82, 2.24) is 0 Å². The Balaban J connectivity index is 2.99. The highest BCUT2D eigenvalue weighted by Gasteiger charge is 2.17. The van der Waals surface area contributed by atoms with Gasteiger partial charge in [0.15, 0.2) is 0 Å². The normalized spacial score (nSPS) is 10.3. The molecule has 0 saturated carbocycles. The Morgan fingerprint density at radius 2 is 1.14 bits per heavy atom. The Morgan fingerprint density at radius 1 is 0.857 bits per heavy atom. The fourth-order valence-corrected chi connectivity index (χ4v) is 0.612. The Morgan fingerprint density at radius 3 is 1.14 bits per heavy atom. The molecule has 0 atom stereocenters. The third-order valence-corrected chi connectivity index (χ3v) is 1.22. The van der Waals surface area contributed by atoms with Crippen LogP contribution in [-0.4, -0.2) is 21.3 Å². The molecule has 0 saturated heterocycles. The van der Waals surface area contributed by atoms with E-state index in [9.17, 15) is 0 Å². The molecule has 0 radical (unpaired) electrons. The van der Waals surface area contributed by atoms with Crippen LogP contribution >= 0.6 is 0 Å². The molecule has 7 heavy (non-hydrogen) atoms. The lowest BCUT2D eigenvalue weighted by molar-refractivity contribution is 0.262. The van der Waals surface area contributed by atoms with Gasteiger partial charge in [-0.05, 0) is 0 Å². The summed E-state index contributed by atoms with van der Waals surface area (Å²) in [6.07, 6.45) is 0. The zero-order valence-electron chi connectivity index (χ0n) is 4.63. The summed E-state index contributed by atoms with van der Waals surface area (Å²) in [4.78, 5) is 0. The predicted octanol–water partition coefficient (Wildman–Crippen LogP) is 0.289. The first-order valence-corrected chi connectivity index (χ1v) is 2.72. The summed E-state index contributed by atoms with van der Waals surface area (Å²) in [6.45, 7) is 0. The van der Waals surface area contributed by atoms with Crippen molar-refractivity contribution in [2.45, 2.75) is 0 Å². The van der Waals surface area contributed by atoms with E-state index in [1.54, 1.807) is 0 Å². The van der Waals surface area contributed by atoms with Crippen molar-refractivity contribution in [3.63, 3.8) is 0 Å². The van der Waals surface area contributed by atoms with Gasteiger partial charge in [-0.15, -0.1) is 12.5 Å². The smallest absolute Gasteiger partial charge is 0.112 e. The van der Waals surface area contributed by atoms with Crippen LogP contribution in [-0.2, 0) is 24.3 Å². The minimum Gasteiger partial charge on any atom is -0.112 e. The van der Waals surface area contributed by atoms with E-state index in [1.807, 2.05) is 0 Å². The summed E-state index contributed by atoms with van der Waals surface area (Å²) >= 11 is -0.745. The highest BCUT2D eigenvalue weighted by atomic mass is 32.3. The molecule has 0 N–H and O–H groups in total. The van der Waals surface area contributed by atoms with Gasteiger partial charge in [0.2, 0.25) is 0 Å². The van der Waals surface area contributed by atoms with Gasteiger partial charge in [-0.3, -0.25) is 0 Å². The highest BCUT2D eigenvalue weighted by molar-refractivity contribution is 7.82. The summed E-state index contributed by atoms with van der Waals surface area (Å²) in [5.41, 5.74) is 0. The molecule has 0 spiro atoms. The molecule has 0 unspecified atom stereocenters. The maximum absolute atomic E-state index is 4.63. The lowest BCUT2D eigenvalue weighted by atomic mass is 11.8. The van der Waals surface area contributed by atoms with E-state index in [-0.39, 0.29) is 0 Å². The summed E-state index contributed by atoms with van der Waals surface area (Å²) in [6, 6.07) is 0. The van der Waals surface area contributed by atoms with Crippen molar-refractivity contribution in [2.75, 3.05) is 21.3 Å². The number of rotatable bonds is 3. The van der Waals surface area contributed by atoms with Crippen molar-refractivity contribution in [1.29, 1.82) is 0 Å². The van der Waals surface area contributed by atoms with Gasteiger partial charge < -0.3 is 0 Å². The molecule has 0 heterocycles. The molecule has 3 nitrogen and oxygen atoms in total. The molecule has 0 aromatic heterocycles. The number of hydrogen-bond acceptors (Lipinski definition) is 3. The van der Waals surface area contributed by atoms with Crippen molar-refractivity contribution >= 4 is 11.7 Å². The fraction of sp³-hybridized carbons (Fsp3) is 1.00. The van der Waals surface area contributed by atoms with Crippen LogP contribution in [0, 0.1) is 0 Å². The van der Waals surface area contributed by atoms with Crippen molar-refractivity contribution in [2.24, 2.45) is 0 Å². The van der Waals surface area contributed by atoms with Crippen molar-refractivity contribution in [3.05, 3.63) is 0 Å². The molecule has 0 fully saturated rings. The molecule has 0 aromatic rings. The van der Waals surface area contributed by atoms with Gasteiger partial charge in [0, 0.05) is 0 Å². The van der Waals surface area contributed by atoms with Gasteiger partial charge >= 0.3 is 11.7 Å². The van der Waals surface area contributed by atoms with Gasteiger partial charge in [0.25, 0.3) is 0 Å². The van der Waals surface area contributed by atoms with Crippen LogP contribution < -0.4 is 0 Å². The lowest BCUT2D eigenvalue weighted by Crippen LogP contribution is -2.06. The van der Waals surface area contributed by atoms with E-state index in [2.05, 4.69) is 12.5 Å². The van der Waals surface area contributed by atoms with Crippen LogP contribution in [0.1, 0.15) is 0 Å². The topological polar surface area (TPSA) is 27.7 Å². The highest BCUT2D eigenvalue weighted by Crippen LogP contribution is 1.94. The van der Waals surface area contributed by atoms with E-state index in [0.29, 0.717) is 0 Å². The molecule has 0 bridgehead atoms. The van der Waals surface area contributed by atoms with Crippen LogP contribution in [0.4, 0.5) is 0 Å². The molecular weight excluding hydrogens is 116 g/mol. The van der Waals surface area contributed by atoms with Crippen molar-refractivity contribution in [3.8, 4) is 0 Å². The molecule has 0 aliphatic carbocycles. The zero-order valence-corrected chi connectivity index (χ0v) is 5.45. The average molecular weight is 125 g/mol. The monoisotopic (exact) mass is 125 g/mol. The minimum atomic E-state index is -0.745. The van der Waals surface area contributed by atoms with E-state index in [0.717, 1.165) is 0 Å². The van der Waals surface area contributed by atoms with Gasteiger partial charge in [0.05, 0.1) is 21.3 Å². The molecule has 44 valence electrons. The Kier molecular flexibility index (Phi) is 4.53. The van der Waals surface area contributed by atoms with Crippen LogP contribution in [0.5, 0.6) is 0 Å². The molecule has 0 amide bonds. The Labute approximate surface area is 46.5 Å². The largest absolute Gasteiger partial charge is 0.507 e. The van der Waals surface area contributed by atoms with Gasteiger partial charge in [-0.1, -0.05) is 0 Å². The first kappa shape index (κ1) is 7.23. The van der Waals surface area contributed by atoms with E-state index in [4.69, 9.17) is 0 Å². The predicted molar refractivity (Wildman–Crippen MR) is 28.4 cm³/mol.